The molecule has 1 amide bonds. The highest BCUT2D eigenvalue weighted by atomic mass is 35.5. The average molecular weight is 508 g/mol. The lowest BCUT2D eigenvalue weighted by Gasteiger charge is -2.17. The number of H-pyrrole nitrogens is 1. The fourth-order valence-electron chi connectivity index (χ4n) is 4.17. The van der Waals surface area contributed by atoms with Gasteiger partial charge in [-0.05, 0) is 32.3 Å². The zero-order chi connectivity index (χ0) is 25.2. The Balaban J connectivity index is 1.65. The maximum Gasteiger partial charge on any atom is 0.317 e. The van der Waals surface area contributed by atoms with E-state index in [0.29, 0.717) is 64.0 Å². The summed E-state index contributed by atoms with van der Waals surface area (Å²) in [5.74, 6) is 0.317. The number of aromatic nitrogens is 4. The van der Waals surface area contributed by atoms with Gasteiger partial charge in [0, 0.05) is 37.0 Å². The predicted octanol–water partition coefficient (Wildman–Crippen LogP) is 3.65. The molecule has 0 radical (unpaired) electrons. The van der Waals surface area contributed by atoms with E-state index in [1.54, 1.807) is 25.6 Å². The molecule has 0 saturated heterocycles. The third kappa shape index (κ3) is 4.52. The molecule has 11 heteroatoms. The van der Waals surface area contributed by atoms with Crippen LogP contribution < -0.4 is 20.1 Å². The molecule has 0 saturated carbocycles. The van der Waals surface area contributed by atoms with Gasteiger partial charge < -0.3 is 30.0 Å². The molecule has 0 atom stereocenters. The van der Waals surface area contributed by atoms with Gasteiger partial charge in [0.25, 0.3) is 5.91 Å². The lowest BCUT2D eigenvalue weighted by atomic mass is 10.0. The van der Waals surface area contributed by atoms with Gasteiger partial charge in [-0.25, -0.2) is 4.98 Å². The quantitative estimate of drug-likeness (QED) is 0.331. The van der Waals surface area contributed by atoms with Crippen LogP contribution in [0.15, 0.2) is 36.7 Å². The van der Waals surface area contributed by atoms with Crippen molar-refractivity contribution >= 4 is 39.9 Å². The van der Waals surface area contributed by atoms with Crippen molar-refractivity contribution in [1.82, 2.24) is 30.2 Å². The Morgan fingerprint density at radius 3 is 2.89 bits per heavy atom. The van der Waals surface area contributed by atoms with Crippen molar-refractivity contribution in [2.24, 2.45) is 0 Å². The molecule has 4 heterocycles. The number of likely N-dealkylation sites (N-methyl/N-ethyl adjacent to an activating group) is 1. The number of ether oxygens (including phenoxy) is 2. The number of carbonyl (C=O) groups excluding carboxylic acids is 1. The van der Waals surface area contributed by atoms with E-state index < -0.39 is 0 Å². The highest BCUT2D eigenvalue weighted by Gasteiger charge is 2.28. The van der Waals surface area contributed by atoms with E-state index in [1.165, 1.54) is 0 Å². The minimum absolute atomic E-state index is 0.164. The number of nitrogens with zero attached hydrogens (tertiary/aromatic N) is 4. The first-order valence-corrected chi connectivity index (χ1v) is 11.9. The normalized spacial score (nSPS) is 13.0. The smallest absolute Gasteiger partial charge is 0.317 e. The van der Waals surface area contributed by atoms with Crippen LogP contribution in [0.1, 0.15) is 16.1 Å². The zero-order valence-electron chi connectivity index (χ0n) is 20.2. The van der Waals surface area contributed by atoms with E-state index in [-0.39, 0.29) is 11.9 Å². The van der Waals surface area contributed by atoms with Gasteiger partial charge in [-0.2, -0.15) is 4.98 Å². The molecule has 36 heavy (non-hydrogen) atoms. The number of para-hydroxylation sites is 1. The van der Waals surface area contributed by atoms with Crippen molar-refractivity contribution in [2.75, 3.05) is 46.2 Å². The summed E-state index contributed by atoms with van der Waals surface area (Å²) in [7, 11) is 5.50. The van der Waals surface area contributed by atoms with Crippen LogP contribution in [0.3, 0.4) is 0 Å². The minimum Gasteiger partial charge on any atom is -0.493 e. The number of methoxy groups -OCH3 is 1. The molecule has 0 spiro atoms. The molecule has 186 valence electrons. The molecule has 0 bridgehead atoms. The fraction of sp³-hybridized carbons (Fsp3) is 0.280. The number of benzene rings is 1. The topological polar surface area (TPSA) is 117 Å². The highest BCUT2D eigenvalue weighted by Crippen LogP contribution is 2.42. The van der Waals surface area contributed by atoms with Crippen molar-refractivity contribution in [3.8, 4) is 23.0 Å². The van der Waals surface area contributed by atoms with Crippen LogP contribution >= 0.6 is 11.6 Å². The number of nitrogens with one attached hydrogen (secondary N) is 3. The van der Waals surface area contributed by atoms with Crippen LogP contribution in [0.25, 0.3) is 22.3 Å². The molecule has 5 rings (SSSR count). The number of amides is 1. The number of halogens is 1. The first-order valence-electron chi connectivity index (χ1n) is 11.5. The maximum atomic E-state index is 13.0. The molecule has 3 N–H and O–H groups in total. The van der Waals surface area contributed by atoms with Gasteiger partial charge in [0.05, 0.1) is 41.0 Å². The van der Waals surface area contributed by atoms with Crippen LogP contribution in [0.4, 0.5) is 11.4 Å². The molecule has 10 nitrogen and oxygen atoms in total. The summed E-state index contributed by atoms with van der Waals surface area (Å²) >= 11 is 6.36. The van der Waals surface area contributed by atoms with E-state index in [1.807, 2.05) is 37.2 Å². The number of rotatable bonds is 8. The molecule has 0 fully saturated rings. The summed E-state index contributed by atoms with van der Waals surface area (Å²) in [5.41, 5.74) is 5.27. The lowest BCUT2D eigenvalue weighted by molar-refractivity contribution is 0.0947. The summed E-state index contributed by atoms with van der Waals surface area (Å²) in [4.78, 5) is 31.8. The molecule has 4 aromatic rings. The first-order chi connectivity index (χ1) is 17.5. The summed E-state index contributed by atoms with van der Waals surface area (Å²) in [6.45, 7) is 1.73. The average Bonchev–Trinajstić information content (AvgIpc) is 3.23. The number of carbonyl (C=O) groups is 1. The van der Waals surface area contributed by atoms with Crippen molar-refractivity contribution in [3.63, 3.8) is 0 Å². The van der Waals surface area contributed by atoms with E-state index in [4.69, 9.17) is 21.1 Å². The lowest BCUT2D eigenvalue weighted by Crippen LogP contribution is -2.31. The van der Waals surface area contributed by atoms with Gasteiger partial charge in [0.15, 0.2) is 5.75 Å². The molecule has 0 aliphatic carbocycles. The minimum atomic E-state index is -0.164. The second-order valence-electron chi connectivity index (χ2n) is 8.58. The molecule has 1 aromatic carbocycles. The summed E-state index contributed by atoms with van der Waals surface area (Å²) in [6.07, 6.45) is 4.00. The van der Waals surface area contributed by atoms with Gasteiger partial charge >= 0.3 is 6.01 Å². The number of hydrogen-bond donors (Lipinski definition) is 3. The highest BCUT2D eigenvalue weighted by molar-refractivity contribution is 6.32. The maximum absolute atomic E-state index is 13.0. The second kappa shape index (κ2) is 10.00. The van der Waals surface area contributed by atoms with E-state index in [0.717, 1.165) is 17.8 Å². The SMILES string of the molecule is COc1c(Cl)cccc1Nc1c(-c2ccnc3cnc(OCCN(C)C)nc23)[nH]c2c1C(=O)NCC2. The van der Waals surface area contributed by atoms with Gasteiger partial charge in [-0.3, -0.25) is 9.78 Å². The molecular weight excluding hydrogens is 482 g/mol. The third-order valence-corrected chi connectivity index (χ3v) is 6.19. The summed E-state index contributed by atoms with van der Waals surface area (Å²) in [6, 6.07) is 7.53. The van der Waals surface area contributed by atoms with Crippen molar-refractivity contribution < 1.29 is 14.3 Å². The third-order valence-electron chi connectivity index (χ3n) is 5.89. The molecule has 3 aromatic heterocycles. The van der Waals surface area contributed by atoms with E-state index >= 15 is 0 Å². The standard InChI is InChI=1S/C25H26ClN7O3/c1-33(2)11-12-36-25-29-13-18-20(32-25)14(7-9-27-18)21-22(19-16(30-21)8-10-28-24(19)34)31-17-6-4-5-15(26)23(17)35-3/h4-7,9,13,30-31H,8,10-12H2,1-3H3,(H,28,34). The Morgan fingerprint density at radius 1 is 1.22 bits per heavy atom. The summed E-state index contributed by atoms with van der Waals surface area (Å²) in [5, 5.41) is 6.78. The molecular formula is C25H26ClN7O3. The monoisotopic (exact) mass is 507 g/mol. The molecule has 0 unspecified atom stereocenters. The number of anilines is 2. The zero-order valence-corrected chi connectivity index (χ0v) is 20.9. The van der Waals surface area contributed by atoms with Crippen LogP contribution in [0.2, 0.25) is 5.02 Å². The van der Waals surface area contributed by atoms with Crippen molar-refractivity contribution in [1.29, 1.82) is 0 Å². The van der Waals surface area contributed by atoms with Crippen LogP contribution in [-0.4, -0.2) is 71.6 Å². The van der Waals surface area contributed by atoms with E-state index in [2.05, 4.69) is 30.6 Å². The largest absolute Gasteiger partial charge is 0.493 e. The second-order valence-corrected chi connectivity index (χ2v) is 8.98. The predicted molar refractivity (Wildman–Crippen MR) is 138 cm³/mol. The van der Waals surface area contributed by atoms with E-state index in [9.17, 15) is 4.79 Å². The van der Waals surface area contributed by atoms with Crippen LogP contribution in [-0.2, 0) is 6.42 Å². The van der Waals surface area contributed by atoms with Crippen LogP contribution in [0.5, 0.6) is 11.8 Å². The van der Waals surface area contributed by atoms with Crippen LogP contribution in [0, 0.1) is 0 Å². The van der Waals surface area contributed by atoms with Crippen molar-refractivity contribution in [2.45, 2.75) is 6.42 Å². The van der Waals surface area contributed by atoms with Crippen molar-refractivity contribution in [3.05, 3.63) is 52.9 Å². The van der Waals surface area contributed by atoms with Gasteiger partial charge in [-0.15, -0.1) is 0 Å². The van der Waals surface area contributed by atoms with Gasteiger partial charge in [0.1, 0.15) is 17.6 Å². The molecule has 1 aliphatic heterocycles. The fourth-order valence-corrected chi connectivity index (χ4v) is 4.42. The number of hydrogen-bond acceptors (Lipinski definition) is 8. The number of fused-ring (bicyclic) bond motifs is 2. The number of pyridine rings is 1. The Bertz CT molecular complexity index is 1440. The Kier molecular flexibility index (Phi) is 6.62. The first kappa shape index (κ1) is 23.8. The number of aromatic amines is 1. The summed E-state index contributed by atoms with van der Waals surface area (Å²) < 4.78 is 11.3. The Hall–Kier alpha value is -3.89. The Morgan fingerprint density at radius 2 is 2.08 bits per heavy atom. The van der Waals surface area contributed by atoms with Gasteiger partial charge in [-0.1, -0.05) is 17.7 Å². The van der Waals surface area contributed by atoms with Gasteiger partial charge in [0.2, 0.25) is 0 Å². The Labute approximate surface area is 213 Å². The molecule has 1 aliphatic rings.